The van der Waals surface area contributed by atoms with Crippen molar-refractivity contribution in [3.05, 3.63) is 27.2 Å². The number of nitrogens with one attached hydrogen (secondary N) is 1. The number of rotatable bonds is 6. The summed E-state index contributed by atoms with van der Waals surface area (Å²) in [6.07, 6.45) is 10.1. The molecule has 1 N–H and O–H groups in total. The van der Waals surface area contributed by atoms with E-state index in [1.54, 1.807) is 5.57 Å². The van der Waals surface area contributed by atoms with Crippen LogP contribution >= 0.6 is 11.3 Å². The van der Waals surface area contributed by atoms with E-state index in [0.29, 0.717) is 0 Å². The van der Waals surface area contributed by atoms with Crippen LogP contribution in [-0.2, 0) is 6.42 Å². The molecule has 0 saturated carbocycles. The normalized spacial score (nSPS) is 15.8. The fourth-order valence-electron chi connectivity index (χ4n) is 2.35. The highest BCUT2D eigenvalue weighted by atomic mass is 32.1. The average Bonchev–Trinajstić information content (AvgIpc) is 2.70. The second-order valence-corrected chi connectivity index (χ2v) is 6.40. The van der Waals surface area contributed by atoms with Crippen molar-refractivity contribution in [1.29, 1.82) is 0 Å². The van der Waals surface area contributed by atoms with Crippen molar-refractivity contribution >= 4 is 11.3 Å². The van der Waals surface area contributed by atoms with Gasteiger partial charge in [-0.15, -0.1) is 11.3 Å². The quantitative estimate of drug-likeness (QED) is 0.625. The molecule has 100 valence electrons. The minimum Gasteiger partial charge on any atom is -0.316 e. The minimum absolute atomic E-state index is 1.06. The van der Waals surface area contributed by atoms with E-state index >= 15 is 0 Å². The molecule has 0 bridgehead atoms. The molecule has 1 aliphatic carbocycles. The molecule has 0 spiro atoms. The van der Waals surface area contributed by atoms with Crippen LogP contribution in [0, 0.1) is 13.8 Å². The fourth-order valence-corrected chi connectivity index (χ4v) is 3.28. The number of thiazole rings is 1. The molecule has 0 unspecified atom stereocenters. The zero-order chi connectivity index (χ0) is 12.8. The Labute approximate surface area is 115 Å². The number of aromatic nitrogens is 1. The minimum atomic E-state index is 1.06. The molecule has 0 fully saturated rings. The van der Waals surface area contributed by atoms with Gasteiger partial charge in [0.2, 0.25) is 0 Å². The average molecular weight is 264 g/mol. The summed E-state index contributed by atoms with van der Waals surface area (Å²) >= 11 is 1.84. The molecule has 0 aliphatic heterocycles. The van der Waals surface area contributed by atoms with Crippen molar-refractivity contribution in [3.8, 4) is 0 Å². The standard InChI is InChI=1S/C15H24N2S/c1-12-13(2)18-15(17-12)9-11-16-10-8-14-6-4-3-5-7-14/h6,16H,3-5,7-11H2,1-2H3. The van der Waals surface area contributed by atoms with E-state index in [1.165, 1.54) is 47.7 Å². The number of hydrogen-bond donors (Lipinski definition) is 1. The lowest BCUT2D eigenvalue weighted by Gasteiger charge is -2.12. The summed E-state index contributed by atoms with van der Waals surface area (Å²) in [6.45, 7) is 6.42. The Morgan fingerprint density at radius 2 is 2.06 bits per heavy atom. The van der Waals surface area contributed by atoms with E-state index < -0.39 is 0 Å². The predicted molar refractivity (Wildman–Crippen MR) is 79.3 cm³/mol. The van der Waals surface area contributed by atoms with Gasteiger partial charge in [0, 0.05) is 17.8 Å². The second-order valence-electron chi connectivity index (χ2n) is 5.11. The summed E-state index contributed by atoms with van der Waals surface area (Å²) in [4.78, 5) is 5.92. The van der Waals surface area contributed by atoms with Crippen LogP contribution in [0.5, 0.6) is 0 Å². The Morgan fingerprint density at radius 1 is 1.22 bits per heavy atom. The van der Waals surface area contributed by atoms with Gasteiger partial charge in [0.05, 0.1) is 10.7 Å². The Kier molecular flexibility index (Phi) is 5.39. The van der Waals surface area contributed by atoms with Crippen LogP contribution in [0.15, 0.2) is 11.6 Å². The first-order valence-electron chi connectivity index (χ1n) is 7.07. The summed E-state index contributed by atoms with van der Waals surface area (Å²) in [7, 11) is 0. The summed E-state index contributed by atoms with van der Waals surface area (Å²) in [6, 6.07) is 0. The van der Waals surface area contributed by atoms with Crippen LogP contribution in [0.1, 0.15) is 47.7 Å². The van der Waals surface area contributed by atoms with E-state index in [0.717, 1.165) is 19.5 Å². The van der Waals surface area contributed by atoms with Crippen molar-refractivity contribution in [3.63, 3.8) is 0 Å². The molecule has 2 rings (SSSR count). The van der Waals surface area contributed by atoms with Crippen molar-refractivity contribution in [1.82, 2.24) is 10.3 Å². The topological polar surface area (TPSA) is 24.9 Å². The highest BCUT2D eigenvalue weighted by Gasteiger charge is 2.04. The molecule has 1 aliphatic rings. The van der Waals surface area contributed by atoms with Gasteiger partial charge in [0.1, 0.15) is 0 Å². The lowest BCUT2D eigenvalue weighted by molar-refractivity contribution is 0.631. The van der Waals surface area contributed by atoms with Crippen LogP contribution < -0.4 is 5.32 Å². The molecule has 0 atom stereocenters. The zero-order valence-electron chi connectivity index (χ0n) is 11.6. The van der Waals surface area contributed by atoms with Gasteiger partial charge >= 0.3 is 0 Å². The number of nitrogens with zero attached hydrogens (tertiary/aromatic N) is 1. The van der Waals surface area contributed by atoms with Gasteiger partial charge in [-0.05, 0) is 52.5 Å². The van der Waals surface area contributed by atoms with E-state index in [2.05, 4.69) is 30.2 Å². The molecule has 3 heteroatoms. The predicted octanol–water partition coefficient (Wildman–Crippen LogP) is 3.78. The second kappa shape index (κ2) is 7.05. The molecule has 1 aromatic heterocycles. The first-order valence-corrected chi connectivity index (χ1v) is 7.89. The largest absolute Gasteiger partial charge is 0.316 e. The fraction of sp³-hybridized carbons (Fsp3) is 0.667. The van der Waals surface area contributed by atoms with Crippen LogP contribution in [0.3, 0.4) is 0 Å². The van der Waals surface area contributed by atoms with Gasteiger partial charge in [-0.25, -0.2) is 4.98 Å². The summed E-state index contributed by atoms with van der Waals surface area (Å²) in [5.74, 6) is 0. The third kappa shape index (κ3) is 4.21. The zero-order valence-corrected chi connectivity index (χ0v) is 12.4. The highest BCUT2D eigenvalue weighted by molar-refractivity contribution is 7.11. The van der Waals surface area contributed by atoms with Crippen molar-refractivity contribution < 1.29 is 0 Å². The lowest BCUT2D eigenvalue weighted by atomic mass is 9.97. The Hall–Kier alpha value is -0.670. The molecular weight excluding hydrogens is 240 g/mol. The molecule has 0 aromatic carbocycles. The van der Waals surface area contributed by atoms with E-state index in [4.69, 9.17) is 0 Å². The molecule has 18 heavy (non-hydrogen) atoms. The highest BCUT2D eigenvalue weighted by Crippen LogP contribution is 2.19. The number of allylic oxidation sites excluding steroid dienone is 1. The molecule has 0 amide bonds. The third-order valence-electron chi connectivity index (χ3n) is 3.60. The summed E-state index contributed by atoms with van der Waals surface area (Å²) in [5, 5.41) is 4.81. The number of hydrogen-bond acceptors (Lipinski definition) is 3. The molecular formula is C15H24N2S. The summed E-state index contributed by atoms with van der Waals surface area (Å²) < 4.78 is 0. The van der Waals surface area contributed by atoms with Gasteiger partial charge in [-0.1, -0.05) is 11.6 Å². The van der Waals surface area contributed by atoms with Crippen molar-refractivity contribution in [2.75, 3.05) is 13.1 Å². The Bertz CT molecular complexity index is 387. The molecule has 1 heterocycles. The molecule has 0 saturated heterocycles. The smallest absolute Gasteiger partial charge is 0.0943 e. The summed E-state index contributed by atoms with van der Waals surface area (Å²) in [5.41, 5.74) is 2.86. The molecule has 0 radical (unpaired) electrons. The lowest BCUT2D eigenvalue weighted by Crippen LogP contribution is -2.19. The van der Waals surface area contributed by atoms with Crippen molar-refractivity contribution in [2.24, 2.45) is 0 Å². The maximum atomic E-state index is 4.56. The van der Waals surface area contributed by atoms with E-state index in [9.17, 15) is 0 Å². The maximum Gasteiger partial charge on any atom is 0.0943 e. The Morgan fingerprint density at radius 3 is 2.72 bits per heavy atom. The first kappa shape index (κ1) is 13.8. The van der Waals surface area contributed by atoms with E-state index in [-0.39, 0.29) is 0 Å². The van der Waals surface area contributed by atoms with Crippen molar-refractivity contribution in [2.45, 2.75) is 52.4 Å². The monoisotopic (exact) mass is 264 g/mol. The first-order chi connectivity index (χ1) is 8.75. The van der Waals surface area contributed by atoms with Crippen LogP contribution in [0.2, 0.25) is 0 Å². The Balaban J connectivity index is 1.60. The molecule has 2 nitrogen and oxygen atoms in total. The van der Waals surface area contributed by atoms with Crippen LogP contribution in [0.4, 0.5) is 0 Å². The van der Waals surface area contributed by atoms with Crippen LogP contribution in [-0.4, -0.2) is 18.1 Å². The molecule has 1 aromatic rings. The van der Waals surface area contributed by atoms with Gasteiger partial charge in [0.15, 0.2) is 0 Å². The number of aryl methyl sites for hydroxylation is 2. The van der Waals surface area contributed by atoms with Gasteiger partial charge < -0.3 is 5.32 Å². The SMILES string of the molecule is Cc1nc(CCNCCC2=CCCCC2)sc1C. The van der Waals surface area contributed by atoms with Gasteiger partial charge in [-0.2, -0.15) is 0 Å². The van der Waals surface area contributed by atoms with Gasteiger partial charge in [-0.3, -0.25) is 0 Å². The maximum absolute atomic E-state index is 4.56. The van der Waals surface area contributed by atoms with Crippen LogP contribution in [0.25, 0.3) is 0 Å². The van der Waals surface area contributed by atoms with E-state index in [1.807, 2.05) is 11.3 Å². The third-order valence-corrected chi connectivity index (χ3v) is 4.73. The van der Waals surface area contributed by atoms with Gasteiger partial charge in [0.25, 0.3) is 0 Å².